The zero-order valence-electron chi connectivity index (χ0n) is 8.33. The van der Waals surface area contributed by atoms with E-state index in [1.165, 1.54) is 0 Å². The van der Waals surface area contributed by atoms with Crippen molar-refractivity contribution in [2.24, 2.45) is 12.8 Å². The highest BCUT2D eigenvalue weighted by Crippen LogP contribution is 2.13. The maximum Gasteiger partial charge on any atom is 0.0597 e. The van der Waals surface area contributed by atoms with Crippen molar-refractivity contribution in [3.8, 4) is 11.8 Å². The molecule has 1 aromatic rings. The summed E-state index contributed by atoms with van der Waals surface area (Å²) < 4.78 is 1.82. The summed E-state index contributed by atoms with van der Waals surface area (Å²) in [6.07, 6.45) is 0.690. The molecule has 1 atom stereocenters. The fourth-order valence-electron chi connectivity index (χ4n) is 1.29. The normalized spacial score (nSPS) is 12.0. The van der Waals surface area contributed by atoms with E-state index in [-0.39, 0.29) is 6.04 Å². The zero-order valence-corrected chi connectivity index (χ0v) is 8.33. The van der Waals surface area contributed by atoms with Gasteiger partial charge in [0.05, 0.1) is 17.4 Å². The van der Waals surface area contributed by atoms with Crippen LogP contribution in [0.2, 0.25) is 0 Å². The van der Waals surface area contributed by atoms with Crippen LogP contribution in [0.5, 0.6) is 0 Å². The van der Waals surface area contributed by atoms with Gasteiger partial charge in [-0.25, -0.2) is 0 Å². The first-order chi connectivity index (χ1) is 6.15. The molecule has 0 aliphatic carbocycles. The van der Waals surface area contributed by atoms with Crippen molar-refractivity contribution < 1.29 is 0 Å². The van der Waals surface area contributed by atoms with Crippen LogP contribution in [0.15, 0.2) is 6.07 Å². The van der Waals surface area contributed by atoms with Crippen LogP contribution < -0.4 is 5.73 Å². The smallest absolute Gasteiger partial charge is 0.0597 e. The molecule has 0 saturated carbocycles. The van der Waals surface area contributed by atoms with E-state index >= 15 is 0 Å². The molecule has 1 rings (SSSR count). The molecule has 0 amide bonds. The second-order valence-electron chi connectivity index (χ2n) is 3.07. The maximum atomic E-state index is 5.93. The third-order valence-corrected chi connectivity index (χ3v) is 1.92. The highest BCUT2D eigenvalue weighted by atomic mass is 15.3. The minimum absolute atomic E-state index is 0.0290. The van der Waals surface area contributed by atoms with Crippen LogP contribution in [0.1, 0.15) is 30.8 Å². The fraction of sp³-hybridized carbons (Fsp3) is 0.500. The van der Waals surface area contributed by atoms with Crippen molar-refractivity contribution in [2.75, 3.05) is 0 Å². The van der Waals surface area contributed by atoms with Crippen LogP contribution in [0.3, 0.4) is 0 Å². The summed E-state index contributed by atoms with van der Waals surface area (Å²) >= 11 is 0. The molecule has 0 fully saturated rings. The van der Waals surface area contributed by atoms with Gasteiger partial charge in [0.25, 0.3) is 0 Å². The number of hydrogen-bond donors (Lipinski definition) is 1. The minimum atomic E-state index is -0.0290. The third kappa shape index (κ3) is 2.33. The molecule has 2 N–H and O–H groups in total. The molecule has 1 unspecified atom stereocenters. The van der Waals surface area contributed by atoms with Crippen molar-refractivity contribution in [1.29, 1.82) is 0 Å². The highest BCUT2D eigenvalue weighted by Gasteiger charge is 2.09. The van der Waals surface area contributed by atoms with E-state index in [4.69, 9.17) is 5.73 Å². The van der Waals surface area contributed by atoms with Gasteiger partial charge in [0, 0.05) is 13.5 Å². The molecule has 0 bridgehead atoms. The Morgan fingerprint density at radius 3 is 2.85 bits per heavy atom. The molecule has 0 aromatic carbocycles. The summed E-state index contributed by atoms with van der Waals surface area (Å²) in [5, 5.41) is 4.23. The van der Waals surface area contributed by atoms with Gasteiger partial charge in [-0.15, -0.1) is 11.8 Å². The number of nitrogens with two attached hydrogens (primary N) is 1. The lowest BCUT2D eigenvalue weighted by Gasteiger charge is -2.07. The quantitative estimate of drug-likeness (QED) is 0.688. The summed E-state index contributed by atoms with van der Waals surface area (Å²) in [6, 6.07) is 1.97. The molecule has 1 aromatic heterocycles. The van der Waals surface area contributed by atoms with Gasteiger partial charge >= 0.3 is 0 Å². The van der Waals surface area contributed by atoms with E-state index in [2.05, 4.69) is 16.9 Å². The van der Waals surface area contributed by atoms with E-state index in [1.54, 1.807) is 0 Å². The molecule has 3 nitrogen and oxygen atoms in total. The highest BCUT2D eigenvalue weighted by molar-refractivity contribution is 5.15. The lowest BCUT2D eigenvalue weighted by molar-refractivity contribution is 0.628. The molecule has 0 radical (unpaired) electrons. The van der Waals surface area contributed by atoms with Crippen LogP contribution in [-0.4, -0.2) is 9.78 Å². The fourth-order valence-corrected chi connectivity index (χ4v) is 1.29. The molecule has 1 heterocycles. The second-order valence-corrected chi connectivity index (χ2v) is 3.07. The first kappa shape index (κ1) is 9.82. The van der Waals surface area contributed by atoms with Gasteiger partial charge in [0.2, 0.25) is 0 Å². The SMILES string of the molecule is CC#CCC(N)c1cc(C)nn1C. The number of hydrogen-bond acceptors (Lipinski definition) is 2. The summed E-state index contributed by atoms with van der Waals surface area (Å²) in [4.78, 5) is 0. The van der Waals surface area contributed by atoms with Gasteiger partial charge in [0.1, 0.15) is 0 Å². The molecule has 13 heavy (non-hydrogen) atoms. The first-order valence-corrected chi connectivity index (χ1v) is 4.31. The average Bonchev–Trinajstić information content (AvgIpc) is 2.41. The van der Waals surface area contributed by atoms with Crippen LogP contribution >= 0.6 is 0 Å². The van der Waals surface area contributed by atoms with Gasteiger partial charge in [-0.2, -0.15) is 5.10 Å². The van der Waals surface area contributed by atoms with E-state index in [9.17, 15) is 0 Å². The van der Waals surface area contributed by atoms with Crippen molar-refractivity contribution in [3.63, 3.8) is 0 Å². The number of rotatable bonds is 2. The summed E-state index contributed by atoms with van der Waals surface area (Å²) in [5.41, 5.74) is 7.97. The van der Waals surface area contributed by atoms with Crippen LogP contribution in [-0.2, 0) is 7.05 Å². The Hall–Kier alpha value is -1.27. The van der Waals surface area contributed by atoms with E-state index in [0.29, 0.717) is 6.42 Å². The van der Waals surface area contributed by atoms with Gasteiger partial charge in [-0.1, -0.05) is 0 Å². The molecule has 0 spiro atoms. The molecule has 0 saturated heterocycles. The van der Waals surface area contributed by atoms with Crippen molar-refractivity contribution in [1.82, 2.24) is 9.78 Å². The summed E-state index contributed by atoms with van der Waals surface area (Å²) in [6.45, 7) is 3.78. The number of aryl methyl sites for hydroxylation is 2. The van der Waals surface area contributed by atoms with Gasteiger partial charge in [0.15, 0.2) is 0 Å². The summed E-state index contributed by atoms with van der Waals surface area (Å²) in [5.74, 6) is 5.80. The Bertz CT molecular complexity index is 341. The number of aromatic nitrogens is 2. The zero-order chi connectivity index (χ0) is 9.84. The van der Waals surface area contributed by atoms with Gasteiger partial charge in [-0.05, 0) is 19.9 Å². The van der Waals surface area contributed by atoms with Crippen molar-refractivity contribution in [3.05, 3.63) is 17.5 Å². The monoisotopic (exact) mass is 177 g/mol. The topological polar surface area (TPSA) is 43.8 Å². The Kier molecular flexibility index (Phi) is 3.10. The molecule has 0 aliphatic heterocycles. The van der Waals surface area contributed by atoms with Crippen LogP contribution in [0.25, 0.3) is 0 Å². The Morgan fingerprint density at radius 2 is 2.38 bits per heavy atom. The standard InChI is InChI=1S/C10H15N3/c1-4-5-6-9(11)10-7-8(2)12-13(10)3/h7,9H,6,11H2,1-3H3. The molecular weight excluding hydrogens is 162 g/mol. The van der Waals surface area contributed by atoms with Crippen molar-refractivity contribution in [2.45, 2.75) is 26.3 Å². The molecular formula is C10H15N3. The van der Waals surface area contributed by atoms with E-state index in [0.717, 1.165) is 11.4 Å². The molecule has 70 valence electrons. The Balaban J connectivity index is 2.79. The summed E-state index contributed by atoms with van der Waals surface area (Å²) in [7, 11) is 1.90. The van der Waals surface area contributed by atoms with E-state index in [1.807, 2.05) is 31.6 Å². The van der Waals surface area contributed by atoms with Gasteiger partial charge < -0.3 is 5.73 Å². The third-order valence-electron chi connectivity index (χ3n) is 1.92. The Morgan fingerprint density at radius 1 is 1.69 bits per heavy atom. The minimum Gasteiger partial charge on any atom is -0.322 e. The van der Waals surface area contributed by atoms with Crippen LogP contribution in [0.4, 0.5) is 0 Å². The van der Waals surface area contributed by atoms with Crippen molar-refractivity contribution >= 4 is 0 Å². The maximum absolute atomic E-state index is 5.93. The lowest BCUT2D eigenvalue weighted by Crippen LogP contribution is -2.13. The van der Waals surface area contributed by atoms with Crippen LogP contribution in [0, 0.1) is 18.8 Å². The molecule has 3 heteroatoms. The second kappa shape index (κ2) is 4.11. The van der Waals surface area contributed by atoms with Gasteiger partial charge in [-0.3, -0.25) is 4.68 Å². The van der Waals surface area contributed by atoms with E-state index < -0.39 is 0 Å². The predicted octanol–water partition coefficient (Wildman–Crippen LogP) is 1.14. The number of nitrogens with zero attached hydrogens (tertiary/aromatic N) is 2. The lowest BCUT2D eigenvalue weighted by atomic mass is 10.1. The molecule has 0 aliphatic rings. The Labute approximate surface area is 78.9 Å². The average molecular weight is 177 g/mol. The largest absolute Gasteiger partial charge is 0.322 e. The first-order valence-electron chi connectivity index (χ1n) is 4.31. The predicted molar refractivity (Wildman–Crippen MR) is 52.9 cm³/mol.